The Morgan fingerprint density at radius 2 is 1.00 bits per heavy atom. The van der Waals surface area contributed by atoms with Crippen molar-refractivity contribution < 1.29 is 0 Å². The lowest BCUT2D eigenvalue weighted by molar-refractivity contribution is 0.424. The summed E-state index contributed by atoms with van der Waals surface area (Å²) in [7, 11) is 0. The number of hydrogen-bond donors (Lipinski definition) is 0. The van der Waals surface area contributed by atoms with Crippen LogP contribution in [0.15, 0.2) is 60.7 Å². The molecule has 0 amide bonds. The molecule has 0 aromatic heterocycles. The molecule has 0 saturated carbocycles. The first-order valence-corrected chi connectivity index (χ1v) is 10.4. The Balaban J connectivity index is 1.99. The average Bonchev–Trinajstić information content (AvgIpc) is 2.69. The van der Waals surface area contributed by atoms with Gasteiger partial charge in [-0.2, -0.15) is 0 Å². The highest BCUT2D eigenvalue weighted by Crippen LogP contribution is 2.40. The molecule has 136 valence electrons. The van der Waals surface area contributed by atoms with Crippen LogP contribution in [-0.4, -0.2) is 0 Å². The molecule has 0 nitrogen and oxygen atoms in total. The van der Waals surface area contributed by atoms with Gasteiger partial charge in [0.15, 0.2) is 0 Å². The van der Waals surface area contributed by atoms with E-state index in [-0.39, 0.29) is 5.41 Å². The molecule has 0 aliphatic carbocycles. The van der Waals surface area contributed by atoms with Crippen LogP contribution in [-0.2, 0) is 5.41 Å². The van der Waals surface area contributed by atoms with Gasteiger partial charge in [0.2, 0.25) is 0 Å². The summed E-state index contributed by atoms with van der Waals surface area (Å²) in [6, 6.07) is 22.3. The maximum absolute atomic E-state index is 2.35. The van der Waals surface area contributed by atoms with Crippen molar-refractivity contribution >= 4 is 0 Å². The Morgan fingerprint density at radius 1 is 0.560 bits per heavy atom. The number of hydrogen-bond acceptors (Lipinski definition) is 0. The molecule has 0 heterocycles. The van der Waals surface area contributed by atoms with E-state index in [9.17, 15) is 0 Å². The van der Waals surface area contributed by atoms with E-state index in [1.807, 2.05) is 0 Å². The highest BCUT2D eigenvalue weighted by atomic mass is 14.3. The first kappa shape index (κ1) is 19.8. The monoisotopic (exact) mass is 336 g/mol. The largest absolute Gasteiger partial charge is 0.0654 e. The van der Waals surface area contributed by atoms with Crippen molar-refractivity contribution in [1.29, 1.82) is 0 Å². The Labute approximate surface area is 155 Å². The van der Waals surface area contributed by atoms with E-state index >= 15 is 0 Å². The zero-order chi connectivity index (χ0) is 17.8. The summed E-state index contributed by atoms with van der Waals surface area (Å²) in [5.74, 6) is 0. The standard InChI is InChI=1S/C25H36/c1-3-5-6-7-8-9-10-17-22-25(4-2,23-18-13-11-14-19-23)24-20-15-12-16-21-24/h11-16,18-21H,3-10,17,22H2,1-2H3. The third kappa shape index (κ3) is 5.73. The lowest BCUT2D eigenvalue weighted by atomic mass is 9.69. The molecule has 0 saturated heterocycles. The molecule has 0 heteroatoms. The Bertz CT molecular complexity index is 516. The fourth-order valence-electron chi connectivity index (χ4n) is 4.12. The zero-order valence-corrected chi connectivity index (χ0v) is 16.3. The topological polar surface area (TPSA) is 0 Å². The van der Waals surface area contributed by atoms with Crippen molar-refractivity contribution in [2.24, 2.45) is 0 Å². The molecule has 2 rings (SSSR count). The molecular weight excluding hydrogens is 300 g/mol. The van der Waals surface area contributed by atoms with Crippen LogP contribution in [0.5, 0.6) is 0 Å². The molecule has 0 aliphatic rings. The highest BCUT2D eigenvalue weighted by Gasteiger charge is 2.31. The quantitative estimate of drug-likeness (QED) is 0.345. The molecule has 0 unspecified atom stereocenters. The van der Waals surface area contributed by atoms with Gasteiger partial charge in [0, 0.05) is 5.41 Å². The van der Waals surface area contributed by atoms with Gasteiger partial charge >= 0.3 is 0 Å². The van der Waals surface area contributed by atoms with E-state index in [0.29, 0.717) is 0 Å². The van der Waals surface area contributed by atoms with Crippen LogP contribution in [0.4, 0.5) is 0 Å². The lowest BCUT2D eigenvalue weighted by Crippen LogP contribution is -2.27. The molecule has 2 aromatic carbocycles. The van der Waals surface area contributed by atoms with E-state index in [1.165, 1.54) is 68.9 Å². The van der Waals surface area contributed by atoms with Crippen LogP contribution in [0.1, 0.15) is 89.2 Å². The summed E-state index contributed by atoms with van der Waals surface area (Å²) in [5, 5.41) is 0. The molecule has 0 fully saturated rings. The Kier molecular flexibility index (Phi) is 8.80. The van der Waals surface area contributed by atoms with Gasteiger partial charge in [-0.1, -0.05) is 126 Å². The fourth-order valence-corrected chi connectivity index (χ4v) is 4.12. The maximum atomic E-state index is 2.35. The second-order valence-corrected chi connectivity index (χ2v) is 7.39. The first-order chi connectivity index (χ1) is 12.3. The van der Waals surface area contributed by atoms with Gasteiger partial charge in [-0.25, -0.2) is 0 Å². The van der Waals surface area contributed by atoms with Crippen molar-refractivity contribution in [2.75, 3.05) is 0 Å². The van der Waals surface area contributed by atoms with Gasteiger partial charge in [0.05, 0.1) is 0 Å². The van der Waals surface area contributed by atoms with Gasteiger partial charge in [0.25, 0.3) is 0 Å². The van der Waals surface area contributed by atoms with Crippen molar-refractivity contribution in [3.63, 3.8) is 0 Å². The predicted octanol–water partition coefficient (Wildman–Crippen LogP) is 7.91. The van der Waals surface area contributed by atoms with E-state index in [4.69, 9.17) is 0 Å². The maximum Gasteiger partial charge on any atom is 0.0200 e. The van der Waals surface area contributed by atoms with Crippen molar-refractivity contribution in [2.45, 2.75) is 83.5 Å². The summed E-state index contributed by atoms with van der Waals surface area (Å²) in [5.41, 5.74) is 3.13. The minimum Gasteiger partial charge on any atom is -0.0654 e. The number of rotatable bonds is 12. The molecule has 0 N–H and O–H groups in total. The second-order valence-electron chi connectivity index (χ2n) is 7.39. The minimum atomic E-state index is 0.171. The first-order valence-electron chi connectivity index (χ1n) is 10.4. The zero-order valence-electron chi connectivity index (χ0n) is 16.3. The summed E-state index contributed by atoms with van der Waals surface area (Å²) in [4.78, 5) is 0. The van der Waals surface area contributed by atoms with Crippen LogP contribution in [0.25, 0.3) is 0 Å². The summed E-state index contributed by atoms with van der Waals surface area (Å²) in [6.45, 7) is 4.64. The highest BCUT2D eigenvalue weighted by molar-refractivity contribution is 5.39. The van der Waals surface area contributed by atoms with E-state index < -0.39 is 0 Å². The Morgan fingerprint density at radius 3 is 1.44 bits per heavy atom. The van der Waals surface area contributed by atoms with Gasteiger partial charge in [0.1, 0.15) is 0 Å². The van der Waals surface area contributed by atoms with E-state index in [1.54, 1.807) is 0 Å². The molecule has 2 aromatic rings. The number of unbranched alkanes of at least 4 members (excludes halogenated alkanes) is 7. The molecule has 25 heavy (non-hydrogen) atoms. The third-order valence-electron chi connectivity index (χ3n) is 5.71. The van der Waals surface area contributed by atoms with Gasteiger partial charge in [-0.3, -0.25) is 0 Å². The molecule has 0 atom stereocenters. The number of benzene rings is 2. The predicted molar refractivity (Wildman–Crippen MR) is 111 cm³/mol. The van der Waals surface area contributed by atoms with Gasteiger partial charge in [-0.15, -0.1) is 0 Å². The average molecular weight is 337 g/mol. The van der Waals surface area contributed by atoms with Crippen LogP contribution < -0.4 is 0 Å². The molecule has 0 radical (unpaired) electrons. The van der Waals surface area contributed by atoms with Crippen LogP contribution in [0.3, 0.4) is 0 Å². The summed E-state index contributed by atoms with van der Waals surface area (Å²) >= 11 is 0. The van der Waals surface area contributed by atoms with Gasteiger partial charge < -0.3 is 0 Å². The van der Waals surface area contributed by atoms with Crippen LogP contribution >= 0.6 is 0 Å². The SMILES string of the molecule is CCCCCCCCCCC(CC)(c1ccccc1)c1ccccc1. The van der Waals surface area contributed by atoms with Crippen LogP contribution in [0.2, 0.25) is 0 Å². The summed E-state index contributed by atoms with van der Waals surface area (Å²) < 4.78 is 0. The Hall–Kier alpha value is -1.56. The smallest absolute Gasteiger partial charge is 0.0200 e. The van der Waals surface area contributed by atoms with Crippen molar-refractivity contribution in [3.8, 4) is 0 Å². The van der Waals surface area contributed by atoms with E-state index in [2.05, 4.69) is 74.5 Å². The van der Waals surface area contributed by atoms with Crippen LogP contribution in [0, 0.1) is 0 Å². The molecule has 0 aliphatic heterocycles. The van der Waals surface area contributed by atoms with Gasteiger partial charge in [-0.05, 0) is 24.0 Å². The third-order valence-corrected chi connectivity index (χ3v) is 5.71. The second kappa shape index (κ2) is 11.1. The van der Waals surface area contributed by atoms with Crippen molar-refractivity contribution in [1.82, 2.24) is 0 Å². The minimum absolute atomic E-state index is 0.171. The van der Waals surface area contributed by atoms with E-state index in [0.717, 1.165) is 6.42 Å². The molecular formula is C25H36. The molecule has 0 bridgehead atoms. The van der Waals surface area contributed by atoms with Crippen molar-refractivity contribution in [3.05, 3.63) is 71.8 Å². The molecule has 0 spiro atoms. The summed E-state index contributed by atoms with van der Waals surface area (Å²) in [6.07, 6.45) is 13.5. The lowest BCUT2D eigenvalue weighted by Gasteiger charge is -2.34. The fraction of sp³-hybridized carbons (Fsp3) is 0.520. The normalized spacial score (nSPS) is 11.6.